The van der Waals surface area contributed by atoms with Crippen molar-refractivity contribution in [2.24, 2.45) is 11.8 Å². The van der Waals surface area contributed by atoms with Crippen LogP contribution in [-0.2, 0) is 14.3 Å². The molecule has 7 heteroatoms. The van der Waals surface area contributed by atoms with Crippen LogP contribution in [0.1, 0.15) is 25.7 Å². The normalized spacial score (nSPS) is 16.0. The SMILES string of the molecule is COC(=O)[C@H](C(=O)Nc1ccc([N+](=O)[O-])cc1)C1CCCC1. The second-order valence-corrected chi connectivity index (χ2v) is 5.34. The van der Waals surface area contributed by atoms with E-state index >= 15 is 0 Å². The number of rotatable bonds is 5. The minimum absolute atomic E-state index is 0.00880. The molecular formula is C15H18N2O5. The number of hydrogen-bond acceptors (Lipinski definition) is 5. The number of ether oxygens (including phenoxy) is 1. The predicted molar refractivity (Wildman–Crippen MR) is 79.2 cm³/mol. The smallest absolute Gasteiger partial charge is 0.318 e. The minimum atomic E-state index is -0.831. The number of methoxy groups -OCH3 is 1. The van der Waals surface area contributed by atoms with E-state index in [0.717, 1.165) is 25.7 Å². The largest absolute Gasteiger partial charge is 0.468 e. The van der Waals surface area contributed by atoms with Gasteiger partial charge >= 0.3 is 5.97 Å². The number of carbonyl (C=O) groups is 2. The molecule has 0 aliphatic heterocycles. The number of nitrogens with one attached hydrogen (secondary N) is 1. The molecule has 2 rings (SSSR count). The summed E-state index contributed by atoms with van der Waals surface area (Å²) in [5.41, 5.74) is 0.362. The predicted octanol–water partition coefficient (Wildman–Crippen LogP) is 2.51. The van der Waals surface area contributed by atoms with Gasteiger partial charge in [-0.05, 0) is 30.9 Å². The molecule has 1 fully saturated rings. The first-order valence-electron chi connectivity index (χ1n) is 7.16. The number of hydrogen-bond donors (Lipinski definition) is 1. The number of non-ortho nitro benzene ring substituents is 1. The second kappa shape index (κ2) is 7.02. The quantitative estimate of drug-likeness (QED) is 0.390. The minimum Gasteiger partial charge on any atom is -0.468 e. The van der Waals surface area contributed by atoms with Crippen molar-refractivity contribution >= 4 is 23.3 Å². The lowest BCUT2D eigenvalue weighted by molar-refractivity contribution is -0.384. The van der Waals surface area contributed by atoms with E-state index in [1.54, 1.807) is 0 Å². The first-order valence-corrected chi connectivity index (χ1v) is 7.16. The second-order valence-electron chi connectivity index (χ2n) is 5.34. The Kier molecular flexibility index (Phi) is 5.08. The third-order valence-corrected chi connectivity index (χ3v) is 3.95. The molecule has 0 bridgehead atoms. The molecule has 0 aromatic heterocycles. The molecule has 22 heavy (non-hydrogen) atoms. The fourth-order valence-electron chi connectivity index (χ4n) is 2.82. The molecule has 1 amide bonds. The van der Waals surface area contributed by atoms with Gasteiger partial charge in [-0.1, -0.05) is 12.8 Å². The third-order valence-electron chi connectivity index (χ3n) is 3.95. The molecule has 0 heterocycles. The Bertz CT molecular complexity index is 564. The number of esters is 1. The molecule has 1 aromatic rings. The molecule has 1 N–H and O–H groups in total. The number of anilines is 1. The summed E-state index contributed by atoms with van der Waals surface area (Å²) in [6, 6.07) is 5.49. The highest BCUT2D eigenvalue weighted by molar-refractivity contribution is 6.05. The van der Waals surface area contributed by atoms with Gasteiger partial charge in [0.25, 0.3) is 5.69 Å². The molecule has 0 saturated heterocycles. The third kappa shape index (κ3) is 3.60. The summed E-state index contributed by atoms with van der Waals surface area (Å²) in [5.74, 6) is -1.80. The first kappa shape index (κ1) is 15.9. The van der Waals surface area contributed by atoms with Crippen molar-refractivity contribution in [3.8, 4) is 0 Å². The average molecular weight is 306 g/mol. The zero-order valence-corrected chi connectivity index (χ0v) is 12.3. The van der Waals surface area contributed by atoms with E-state index < -0.39 is 22.7 Å². The molecule has 1 aliphatic rings. The lowest BCUT2D eigenvalue weighted by atomic mass is 9.90. The van der Waals surface area contributed by atoms with Crippen molar-refractivity contribution in [2.45, 2.75) is 25.7 Å². The maximum absolute atomic E-state index is 12.4. The molecule has 1 aliphatic carbocycles. The van der Waals surface area contributed by atoms with Crippen LogP contribution >= 0.6 is 0 Å². The number of amides is 1. The molecule has 1 saturated carbocycles. The van der Waals surface area contributed by atoms with E-state index in [1.807, 2.05) is 0 Å². The number of benzene rings is 1. The Hall–Kier alpha value is -2.44. The Morgan fingerprint density at radius 1 is 1.27 bits per heavy atom. The topological polar surface area (TPSA) is 98.5 Å². The molecular weight excluding hydrogens is 288 g/mol. The summed E-state index contributed by atoms with van der Waals surface area (Å²) in [6.45, 7) is 0. The van der Waals surface area contributed by atoms with Gasteiger partial charge in [0.1, 0.15) is 5.92 Å². The lowest BCUT2D eigenvalue weighted by Crippen LogP contribution is -2.35. The summed E-state index contributed by atoms with van der Waals surface area (Å²) in [7, 11) is 1.27. The van der Waals surface area contributed by atoms with Crippen molar-refractivity contribution in [3.63, 3.8) is 0 Å². The van der Waals surface area contributed by atoms with Gasteiger partial charge in [-0.15, -0.1) is 0 Å². The van der Waals surface area contributed by atoms with Crippen LogP contribution < -0.4 is 5.32 Å². The molecule has 0 spiro atoms. The summed E-state index contributed by atoms with van der Waals surface area (Å²) in [5, 5.41) is 13.2. The fraction of sp³-hybridized carbons (Fsp3) is 0.467. The summed E-state index contributed by atoms with van der Waals surface area (Å²) >= 11 is 0. The maximum Gasteiger partial charge on any atom is 0.318 e. The van der Waals surface area contributed by atoms with Crippen LogP contribution in [0.25, 0.3) is 0 Å². The highest BCUT2D eigenvalue weighted by Gasteiger charge is 2.37. The van der Waals surface area contributed by atoms with Crippen LogP contribution in [0.4, 0.5) is 11.4 Å². The van der Waals surface area contributed by atoms with Gasteiger partial charge in [-0.25, -0.2) is 0 Å². The Morgan fingerprint density at radius 2 is 1.86 bits per heavy atom. The van der Waals surface area contributed by atoms with E-state index in [4.69, 9.17) is 4.74 Å². The number of nitro groups is 1. The van der Waals surface area contributed by atoms with Gasteiger partial charge in [-0.2, -0.15) is 0 Å². The molecule has 118 valence electrons. The molecule has 7 nitrogen and oxygen atoms in total. The van der Waals surface area contributed by atoms with Crippen molar-refractivity contribution < 1.29 is 19.2 Å². The molecule has 1 atom stereocenters. The number of carbonyl (C=O) groups excluding carboxylic acids is 2. The van der Waals surface area contributed by atoms with Crippen LogP contribution in [0.3, 0.4) is 0 Å². The lowest BCUT2D eigenvalue weighted by Gasteiger charge is -2.20. The number of nitro benzene ring substituents is 1. The van der Waals surface area contributed by atoms with Gasteiger partial charge in [0.2, 0.25) is 5.91 Å². The van der Waals surface area contributed by atoms with E-state index in [1.165, 1.54) is 31.4 Å². The van der Waals surface area contributed by atoms with Gasteiger partial charge in [-0.3, -0.25) is 19.7 Å². The van der Waals surface area contributed by atoms with E-state index in [9.17, 15) is 19.7 Å². The zero-order valence-electron chi connectivity index (χ0n) is 12.3. The van der Waals surface area contributed by atoms with Crippen LogP contribution in [0, 0.1) is 22.0 Å². The Balaban J connectivity index is 2.10. The van der Waals surface area contributed by atoms with Gasteiger partial charge in [0, 0.05) is 17.8 Å². The van der Waals surface area contributed by atoms with E-state index in [2.05, 4.69) is 5.32 Å². The van der Waals surface area contributed by atoms with Crippen molar-refractivity contribution in [3.05, 3.63) is 34.4 Å². The van der Waals surface area contributed by atoms with Crippen molar-refractivity contribution in [1.29, 1.82) is 0 Å². The Morgan fingerprint density at radius 3 is 2.36 bits per heavy atom. The highest BCUT2D eigenvalue weighted by atomic mass is 16.6. The first-order chi connectivity index (χ1) is 10.5. The van der Waals surface area contributed by atoms with Gasteiger partial charge in [0.05, 0.1) is 12.0 Å². The molecule has 1 aromatic carbocycles. The molecule has 0 radical (unpaired) electrons. The van der Waals surface area contributed by atoms with Crippen molar-refractivity contribution in [1.82, 2.24) is 0 Å². The van der Waals surface area contributed by atoms with Gasteiger partial charge < -0.3 is 10.1 Å². The standard InChI is InChI=1S/C15H18N2O5/c1-22-15(19)13(10-4-2-3-5-10)14(18)16-11-6-8-12(9-7-11)17(20)21/h6-10,13H,2-5H2,1H3,(H,16,18)/t13-/m0/s1. The molecule has 0 unspecified atom stereocenters. The summed E-state index contributed by atoms with van der Waals surface area (Å²) < 4.78 is 4.75. The summed E-state index contributed by atoms with van der Waals surface area (Å²) in [6.07, 6.45) is 3.66. The summed E-state index contributed by atoms with van der Waals surface area (Å²) in [4.78, 5) is 34.4. The zero-order chi connectivity index (χ0) is 16.1. The van der Waals surface area contributed by atoms with Crippen molar-refractivity contribution in [2.75, 3.05) is 12.4 Å². The van der Waals surface area contributed by atoms with Crippen LogP contribution in [0.5, 0.6) is 0 Å². The number of nitrogens with zero attached hydrogens (tertiary/aromatic N) is 1. The van der Waals surface area contributed by atoms with Crippen LogP contribution in [0.2, 0.25) is 0 Å². The van der Waals surface area contributed by atoms with E-state index in [0.29, 0.717) is 5.69 Å². The monoisotopic (exact) mass is 306 g/mol. The highest BCUT2D eigenvalue weighted by Crippen LogP contribution is 2.33. The Labute approximate surface area is 127 Å². The average Bonchev–Trinajstić information content (AvgIpc) is 3.01. The fourth-order valence-corrected chi connectivity index (χ4v) is 2.82. The van der Waals surface area contributed by atoms with Crippen LogP contribution in [0.15, 0.2) is 24.3 Å². The van der Waals surface area contributed by atoms with Crippen LogP contribution in [-0.4, -0.2) is 23.9 Å². The maximum atomic E-state index is 12.4. The van der Waals surface area contributed by atoms with E-state index in [-0.39, 0.29) is 11.6 Å². The van der Waals surface area contributed by atoms with Gasteiger partial charge in [0.15, 0.2) is 0 Å².